The van der Waals surface area contributed by atoms with E-state index in [1.54, 1.807) is 24.3 Å². The molecule has 0 spiro atoms. The molecule has 7 nitrogen and oxygen atoms in total. The van der Waals surface area contributed by atoms with Crippen molar-refractivity contribution >= 4 is 35.0 Å². The molecule has 32 heavy (non-hydrogen) atoms. The number of thioether (sulfide) groups is 1. The minimum atomic E-state index is -0.850. The van der Waals surface area contributed by atoms with Crippen molar-refractivity contribution in [3.63, 3.8) is 0 Å². The second-order valence-corrected chi connectivity index (χ2v) is 9.00. The number of rotatable bonds is 7. The van der Waals surface area contributed by atoms with Crippen LogP contribution < -0.4 is 0 Å². The van der Waals surface area contributed by atoms with Gasteiger partial charge in [0.15, 0.2) is 0 Å². The minimum Gasteiger partial charge on any atom is -0.393 e. The summed E-state index contributed by atoms with van der Waals surface area (Å²) in [6.07, 6.45) is 1.94. The first-order valence-electron chi connectivity index (χ1n) is 10.4. The van der Waals surface area contributed by atoms with Gasteiger partial charge in [0.05, 0.1) is 17.4 Å². The molecule has 0 bridgehead atoms. The predicted molar refractivity (Wildman–Crippen MR) is 129 cm³/mol. The molecule has 2 N–H and O–H groups in total. The zero-order valence-corrected chi connectivity index (χ0v) is 18.8. The van der Waals surface area contributed by atoms with Gasteiger partial charge in [0, 0.05) is 26.7 Å². The molecule has 1 saturated carbocycles. The van der Waals surface area contributed by atoms with Gasteiger partial charge >= 0.3 is 0 Å². The number of carbonyl (C=O) groups excluding carboxylic acids is 1. The molecule has 2 aromatic rings. The third-order valence-corrected chi connectivity index (χ3v) is 7.00. The van der Waals surface area contributed by atoms with E-state index in [1.165, 1.54) is 11.8 Å². The van der Waals surface area contributed by atoms with E-state index in [2.05, 4.69) is 21.7 Å². The Morgan fingerprint density at radius 3 is 2.25 bits per heavy atom. The molecule has 1 aliphatic carbocycles. The molecule has 0 atom stereocenters. The van der Waals surface area contributed by atoms with E-state index < -0.39 is 11.5 Å². The van der Waals surface area contributed by atoms with Crippen LogP contribution in [0.3, 0.4) is 0 Å². The van der Waals surface area contributed by atoms with Crippen molar-refractivity contribution in [2.45, 2.75) is 44.3 Å². The molecule has 8 heteroatoms. The highest BCUT2D eigenvalue weighted by atomic mass is 32.2. The zero-order chi connectivity index (χ0) is 23.1. The van der Waals surface area contributed by atoms with Crippen molar-refractivity contribution in [3.8, 4) is 0 Å². The monoisotopic (exact) mass is 450 g/mol. The van der Waals surface area contributed by atoms with Crippen LogP contribution >= 0.6 is 11.8 Å². The van der Waals surface area contributed by atoms with Gasteiger partial charge < -0.3 is 10.2 Å². The lowest BCUT2D eigenvalue weighted by atomic mass is 9.85. The normalized spacial score (nSPS) is 21.3. The van der Waals surface area contributed by atoms with E-state index in [0.29, 0.717) is 37.1 Å². The fraction of sp³-hybridized carbons (Fsp3) is 0.333. The van der Waals surface area contributed by atoms with Gasteiger partial charge in [-0.3, -0.25) is 9.79 Å². The van der Waals surface area contributed by atoms with E-state index in [4.69, 9.17) is 5.53 Å². The van der Waals surface area contributed by atoms with Gasteiger partial charge in [-0.05, 0) is 55.5 Å². The second-order valence-electron chi connectivity index (χ2n) is 8.02. The van der Waals surface area contributed by atoms with Gasteiger partial charge in [-0.2, -0.15) is 0 Å². The largest absolute Gasteiger partial charge is 0.393 e. The number of aliphatic hydroxyl groups is 2. The van der Waals surface area contributed by atoms with Crippen LogP contribution in [0, 0.1) is 6.92 Å². The summed E-state index contributed by atoms with van der Waals surface area (Å²) in [5.74, 6) is -0.180. The number of hydrogen-bond donors (Lipinski definition) is 2. The van der Waals surface area contributed by atoms with Crippen LogP contribution in [0.2, 0.25) is 0 Å². The summed E-state index contributed by atoms with van der Waals surface area (Å²) in [5.41, 5.74) is 11.4. The highest BCUT2D eigenvalue weighted by Crippen LogP contribution is 2.41. The Morgan fingerprint density at radius 1 is 1.12 bits per heavy atom. The lowest BCUT2D eigenvalue weighted by Gasteiger charge is -2.34. The Labute approximate surface area is 191 Å². The predicted octanol–water partition coefficient (Wildman–Crippen LogP) is 5.37. The lowest BCUT2D eigenvalue weighted by Crippen LogP contribution is -2.38. The topological polar surface area (TPSA) is 119 Å². The van der Waals surface area contributed by atoms with E-state index in [0.717, 1.165) is 21.6 Å². The fourth-order valence-corrected chi connectivity index (χ4v) is 4.97. The van der Waals surface area contributed by atoms with Crippen LogP contribution in [0.5, 0.6) is 0 Å². The molecule has 0 saturated heterocycles. The zero-order valence-electron chi connectivity index (χ0n) is 17.9. The molecule has 0 aliphatic heterocycles. The molecule has 1 aliphatic rings. The molecular formula is C24H26N4O3S. The maximum absolute atomic E-state index is 11.8. The first-order valence-corrected chi connectivity index (χ1v) is 11.3. The quantitative estimate of drug-likeness (QED) is 0.194. The Kier molecular flexibility index (Phi) is 7.88. The van der Waals surface area contributed by atoms with Gasteiger partial charge in [0.1, 0.15) is 0 Å². The second kappa shape index (κ2) is 10.6. The maximum Gasteiger partial charge on any atom is 0.249 e. The number of nitrogens with zero attached hydrogens (tertiary/aromatic N) is 4. The van der Waals surface area contributed by atoms with Crippen LogP contribution in [-0.4, -0.2) is 40.3 Å². The average Bonchev–Trinajstić information content (AvgIpc) is 2.80. The Morgan fingerprint density at radius 2 is 1.69 bits per heavy atom. The molecule has 166 valence electrons. The first kappa shape index (κ1) is 23.8. The summed E-state index contributed by atoms with van der Waals surface area (Å²) >= 11 is 1.51. The molecule has 0 unspecified atom stereocenters. The van der Waals surface area contributed by atoms with Crippen molar-refractivity contribution in [1.82, 2.24) is 0 Å². The standard InChI is InChI=1S/C24H26N4O3S/c1-16-3-5-18(6-4-16)22(32-15-24(31)13-11-20(29)12-14-24)21(26-2)17-7-9-19(10-8-17)23(30)27-28-25/h3-10,20,29,31H,2,11-15H2,1H3/b22-21-. The highest BCUT2D eigenvalue weighted by Gasteiger charge is 2.33. The Hall–Kier alpha value is -2.90. The van der Waals surface area contributed by atoms with Gasteiger partial charge in [0.25, 0.3) is 0 Å². The SMILES string of the molecule is C=N/C(=C(\SCC1(O)CCC(O)CC1)c1ccc(C)cc1)c1ccc(C(=O)N=[N+]=[N-])cc1. The molecule has 1 fully saturated rings. The number of amides is 1. The van der Waals surface area contributed by atoms with Crippen molar-refractivity contribution < 1.29 is 15.0 Å². The molecule has 0 aromatic heterocycles. The Bertz CT molecular complexity index is 1050. The third kappa shape index (κ3) is 5.87. The smallest absolute Gasteiger partial charge is 0.249 e. The van der Waals surface area contributed by atoms with Gasteiger partial charge in [-0.25, -0.2) is 0 Å². The van der Waals surface area contributed by atoms with E-state index >= 15 is 0 Å². The van der Waals surface area contributed by atoms with Gasteiger partial charge in [-0.1, -0.05) is 54.1 Å². The summed E-state index contributed by atoms with van der Waals surface area (Å²) in [7, 11) is 0. The van der Waals surface area contributed by atoms with Crippen molar-refractivity contribution in [3.05, 3.63) is 81.2 Å². The maximum atomic E-state index is 11.8. The summed E-state index contributed by atoms with van der Waals surface area (Å²) < 4.78 is 0. The van der Waals surface area contributed by atoms with Crippen LogP contribution in [0.1, 0.15) is 52.7 Å². The number of azide groups is 1. The molecule has 0 heterocycles. The Balaban J connectivity index is 1.97. The first-order chi connectivity index (χ1) is 15.3. The molecule has 2 aromatic carbocycles. The summed E-state index contributed by atoms with van der Waals surface area (Å²) in [5, 5.41) is 23.9. The summed E-state index contributed by atoms with van der Waals surface area (Å²) in [6, 6.07) is 14.7. The lowest BCUT2D eigenvalue weighted by molar-refractivity contribution is -0.0138. The molecule has 1 amide bonds. The average molecular weight is 451 g/mol. The van der Waals surface area contributed by atoms with Crippen LogP contribution in [-0.2, 0) is 0 Å². The fourth-order valence-electron chi connectivity index (χ4n) is 3.65. The number of aliphatic imine (C=N–C) groups is 1. The number of carbonyl (C=O) groups is 1. The van der Waals surface area contributed by atoms with Crippen LogP contribution in [0.25, 0.3) is 21.0 Å². The number of hydrogen-bond acceptors (Lipinski definition) is 5. The molecular weight excluding hydrogens is 424 g/mol. The number of benzene rings is 2. The molecule has 0 radical (unpaired) electrons. The molecule has 3 rings (SSSR count). The number of aryl methyl sites for hydroxylation is 1. The summed E-state index contributed by atoms with van der Waals surface area (Å²) in [6.45, 7) is 5.78. The van der Waals surface area contributed by atoms with E-state index in [1.807, 2.05) is 31.2 Å². The summed E-state index contributed by atoms with van der Waals surface area (Å²) in [4.78, 5) is 19.5. The van der Waals surface area contributed by atoms with E-state index in [-0.39, 0.29) is 11.7 Å². The number of aliphatic hydroxyl groups excluding tert-OH is 1. The van der Waals surface area contributed by atoms with Crippen molar-refractivity contribution in [1.29, 1.82) is 0 Å². The van der Waals surface area contributed by atoms with Crippen LogP contribution in [0.15, 0.2) is 58.6 Å². The van der Waals surface area contributed by atoms with Gasteiger partial charge in [-0.15, -0.1) is 11.8 Å². The van der Waals surface area contributed by atoms with Crippen LogP contribution in [0.4, 0.5) is 0 Å². The minimum absolute atomic E-state index is 0.287. The van der Waals surface area contributed by atoms with Gasteiger partial charge in [0.2, 0.25) is 5.91 Å². The highest BCUT2D eigenvalue weighted by molar-refractivity contribution is 8.08. The van der Waals surface area contributed by atoms with Crippen molar-refractivity contribution in [2.24, 2.45) is 10.1 Å². The van der Waals surface area contributed by atoms with E-state index in [9.17, 15) is 15.0 Å². The third-order valence-electron chi connectivity index (χ3n) is 5.60. The van der Waals surface area contributed by atoms with Crippen molar-refractivity contribution in [2.75, 3.05) is 5.75 Å².